The van der Waals surface area contributed by atoms with Crippen molar-refractivity contribution in [2.24, 2.45) is 0 Å². The second-order valence-corrected chi connectivity index (χ2v) is 5.37. The Hall–Kier alpha value is -4.19. The molecule has 0 bridgehead atoms. The zero-order valence-corrected chi connectivity index (χ0v) is 14.8. The molecule has 0 spiro atoms. The number of nitro groups is 1. The minimum absolute atomic E-state index is 0.122. The van der Waals surface area contributed by atoms with E-state index in [0.29, 0.717) is 16.9 Å². The Labute approximate surface area is 160 Å². The molecule has 0 saturated carbocycles. The molecule has 9 nitrogen and oxygen atoms in total. The van der Waals surface area contributed by atoms with Gasteiger partial charge in [0.05, 0.1) is 17.1 Å². The average Bonchev–Trinajstić information content (AvgIpc) is 2.69. The van der Waals surface area contributed by atoms with Crippen LogP contribution in [0.5, 0.6) is 0 Å². The molecule has 1 amide bonds. The average molecular weight is 380 g/mol. The molecule has 2 N–H and O–H groups in total. The zero-order valence-electron chi connectivity index (χ0n) is 14.8. The Morgan fingerprint density at radius 3 is 2.54 bits per heavy atom. The summed E-state index contributed by atoms with van der Waals surface area (Å²) in [6.45, 7) is 1.95. The number of hydrogen-bond donors (Lipinski definition) is 2. The fourth-order valence-corrected chi connectivity index (χ4v) is 2.12. The number of amides is 1. The molecule has 0 atom stereocenters. The highest BCUT2D eigenvalue weighted by atomic mass is 16.6. The lowest BCUT2D eigenvalue weighted by Crippen LogP contribution is -2.14. The maximum Gasteiger partial charge on any atom is 0.338 e. The topological polar surface area (TPSA) is 134 Å². The summed E-state index contributed by atoms with van der Waals surface area (Å²) in [6, 6.07) is 13.4. The molecule has 0 heterocycles. The molecule has 9 heteroatoms. The standard InChI is InChI=1S/C19H16N4O5/c1-2-28-19(25)13-6-8-15(9-7-13)22-18(24)14(11-20)12-21-16-4-3-5-17(10-16)23(26)27/h3-10,12,21H,2H2,1H3,(H,22,24)/b14-12-. The lowest BCUT2D eigenvalue weighted by atomic mass is 10.2. The van der Waals surface area contributed by atoms with E-state index in [0.717, 1.165) is 6.20 Å². The summed E-state index contributed by atoms with van der Waals surface area (Å²) in [6.07, 6.45) is 1.15. The van der Waals surface area contributed by atoms with E-state index in [1.807, 2.05) is 0 Å². The van der Waals surface area contributed by atoms with E-state index in [-0.39, 0.29) is 17.9 Å². The number of hydrogen-bond acceptors (Lipinski definition) is 7. The zero-order chi connectivity index (χ0) is 20.5. The van der Waals surface area contributed by atoms with Gasteiger partial charge < -0.3 is 15.4 Å². The number of nitro benzene ring substituents is 1. The van der Waals surface area contributed by atoms with Crippen LogP contribution < -0.4 is 10.6 Å². The SMILES string of the molecule is CCOC(=O)c1ccc(NC(=O)/C(C#N)=C\Nc2cccc([N+](=O)[O-])c2)cc1. The third-order valence-corrected chi connectivity index (χ3v) is 3.46. The number of nitrogens with zero attached hydrogens (tertiary/aromatic N) is 2. The van der Waals surface area contributed by atoms with Crippen molar-refractivity contribution < 1.29 is 19.2 Å². The maximum absolute atomic E-state index is 12.2. The van der Waals surface area contributed by atoms with Crippen LogP contribution in [0.2, 0.25) is 0 Å². The van der Waals surface area contributed by atoms with E-state index in [4.69, 9.17) is 4.74 Å². The van der Waals surface area contributed by atoms with Gasteiger partial charge in [0.1, 0.15) is 11.6 Å². The summed E-state index contributed by atoms with van der Waals surface area (Å²) >= 11 is 0. The van der Waals surface area contributed by atoms with Gasteiger partial charge in [-0.25, -0.2) is 4.79 Å². The van der Waals surface area contributed by atoms with Crippen LogP contribution in [0.3, 0.4) is 0 Å². The third kappa shape index (κ3) is 5.40. The van der Waals surface area contributed by atoms with Crippen molar-refractivity contribution >= 4 is 28.9 Å². The third-order valence-electron chi connectivity index (χ3n) is 3.46. The van der Waals surface area contributed by atoms with Crippen molar-refractivity contribution in [3.63, 3.8) is 0 Å². The molecule has 0 aliphatic heterocycles. The van der Waals surface area contributed by atoms with Gasteiger partial charge >= 0.3 is 5.97 Å². The molecule has 0 unspecified atom stereocenters. The summed E-state index contributed by atoms with van der Waals surface area (Å²) in [5.41, 5.74) is 0.718. The Balaban J connectivity index is 2.06. The van der Waals surface area contributed by atoms with E-state index in [1.54, 1.807) is 19.1 Å². The van der Waals surface area contributed by atoms with Gasteiger partial charge in [-0.15, -0.1) is 0 Å². The number of benzene rings is 2. The predicted octanol–water partition coefficient (Wildman–Crippen LogP) is 3.23. The smallest absolute Gasteiger partial charge is 0.338 e. The summed E-state index contributed by atoms with van der Waals surface area (Å²) in [4.78, 5) is 34.1. The van der Waals surface area contributed by atoms with E-state index in [1.165, 1.54) is 42.5 Å². The van der Waals surface area contributed by atoms with E-state index < -0.39 is 16.8 Å². The highest BCUT2D eigenvalue weighted by Crippen LogP contribution is 2.17. The number of carbonyl (C=O) groups excluding carboxylic acids is 2. The van der Waals surface area contributed by atoms with Gasteiger partial charge in [-0.2, -0.15) is 5.26 Å². The number of nitrogens with one attached hydrogen (secondary N) is 2. The summed E-state index contributed by atoms with van der Waals surface area (Å²) in [7, 11) is 0. The molecule has 0 fully saturated rings. The summed E-state index contributed by atoms with van der Waals surface area (Å²) in [5, 5.41) is 25.2. The van der Waals surface area contributed by atoms with Crippen molar-refractivity contribution in [2.45, 2.75) is 6.92 Å². The molecular formula is C19H16N4O5. The van der Waals surface area contributed by atoms with E-state index >= 15 is 0 Å². The largest absolute Gasteiger partial charge is 0.462 e. The van der Waals surface area contributed by atoms with Gasteiger partial charge in [0.2, 0.25) is 0 Å². The van der Waals surface area contributed by atoms with Crippen LogP contribution in [0.1, 0.15) is 17.3 Å². The van der Waals surface area contributed by atoms with Crippen molar-refractivity contribution in [3.8, 4) is 6.07 Å². The molecule has 2 aromatic carbocycles. The predicted molar refractivity (Wildman–Crippen MR) is 101 cm³/mol. The molecule has 0 saturated heterocycles. The van der Waals surface area contributed by atoms with E-state index in [2.05, 4.69) is 10.6 Å². The Morgan fingerprint density at radius 1 is 1.21 bits per heavy atom. The number of non-ortho nitro benzene ring substituents is 1. The van der Waals surface area contributed by atoms with Gasteiger partial charge in [0.15, 0.2) is 0 Å². The Bertz CT molecular complexity index is 961. The van der Waals surface area contributed by atoms with Crippen LogP contribution in [0.15, 0.2) is 60.3 Å². The van der Waals surface area contributed by atoms with Gasteiger partial charge in [-0.05, 0) is 37.3 Å². The summed E-state index contributed by atoms with van der Waals surface area (Å²) < 4.78 is 4.87. The second-order valence-electron chi connectivity index (χ2n) is 5.37. The molecular weight excluding hydrogens is 364 g/mol. The first-order valence-electron chi connectivity index (χ1n) is 8.14. The van der Waals surface area contributed by atoms with Crippen molar-refractivity contribution in [1.29, 1.82) is 5.26 Å². The lowest BCUT2D eigenvalue weighted by molar-refractivity contribution is -0.384. The number of carbonyl (C=O) groups is 2. The number of ether oxygens (including phenoxy) is 1. The van der Waals surface area contributed by atoms with Crippen LogP contribution in [0.4, 0.5) is 17.1 Å². The fourth-order valence-electron chi connectivity index (χ4n) is 2.12. The number of anilines is 2. The monoisotopic (exact) mass is 380 g/mol. The van der Waals surface area contributed by atoms with Gasteiger partial charge in [0.25, 0.3) is 11.6 Å². The van der Waals surface area contributed by atoms with Gasteiger partial charge in [-0.3, -0.25) is 14.9 Å². The number of rotatable bonds is 7. The van der Waals surface area contributed by atoms with Gasteiger partial charge in [-0.1, -0.05) is 6.07 Å². The molecule has 0 radical (unpaired) electrons. The highest BCUT2D eigenvalue weighted by molar-refractivity contribution is 6.06. The van der Waals surface area contributed by atoms with Crippen LogP contribution >= 0.6 is 0 Å². The molecule has 0 aromatic heterocycles. The van der Waals surface area contributed by atoms with Crippen molar-refractivity contribution in [2.75, 3.05) is 17.2 Å². The number of nitriles is 1. The molecule has 28 heavy (non-hydrogen) atoms. The van der Waals surface area contributed by atoms with Crippen LogP contribution in [-0.4, -0.2) is 23.4 Å². The Kier molecular flexibility index (Phi) is 6.82. The second kappa shape index (κ2) is 9.49. The highest BCUT2D eigenvalue weighted by Gasteiger charge is 2.11. The van der Waals surface area contributed by atoms with E-state index in [9.17, 15) is 25.0 Å². The van der Waals surface area contributed by atoms with Crippen molar-refractivity contribution in [1.82, 2.24) is 0 Å². The first-order chi connectivity index (χ1) is 13.4. The number of esters is 1. The molecule has 2 aromatic rings. The minimum Gasteiger partial charge on any atom is -0.462 e. The molecule has 0 aliphatic carbocycles. The molecule has 142 valence electrons. The van der Waals surface area contributed by atoms with Gasteiger partial charge in [0, 0.05) is 29.7 Å². The first kappa shape index (κ1) is 20.1. The normalized spacial score (nSPS) is 10.5. The lowest BCUT2D eigenvalue weighted by Gasteiger charge is -2.06. The minimum atomic E-state index is -0.677. The van der Waals surface area contributed by atoms with Crippen LogP contribution in [0.25, 0.3) is 0 Å². The van der Waals surface area contributed by atoms with Crippen molar-refractivity contribution in [3.05, 3.63) is 76.0 Å². The van der Waals surface area contributed by atoms with Crippen LogP contribution in [-0.2, 0) is 9.53 Å². The molecule has 2 rings (SSSR count). The maximum atomic E-state index is 12.2. The van der Waals surface area contributed by atoms with Crippen LogP contribution in [0, 0.1) is 21.4 Å². The summed E-state index contributed by atoms with van der Waals surface area (Å²) in [5.74, 6) is -1.15. The molecule has 0 aliphatic rings. The Morgan fingerprint density at radius 2 is 1.93 bits per heavy atom. The first-order valence-corrected chi connectivity index (χ1v) is 8.14. The quantitative estimate of drug-likeness (QED) is 0.247. The fraction of sp³-hybridized carbons (Fsp3) is 0.105.